The Morgan fingerprint density at radius 3 is 2.36 bits per heavy atom. The van der Waals surface area contributed by atoms with Crippen LogP contribution in [-0.4, -0.2) is 49.9 Å². The van der Waals surface area contributed by atoms with Crippen molar-refractivity contribution in [3.8, 4) is 16.9 Å². The summed E-state index contributed by atoms with van der Waals surface area (Å²) in [5.41, 5.74) is 0.813. The number of halogens is 3. The number of alkyl halides is 3. The van der Waals surface area contributed by atoms with Crippen LogP contribution in [0.2, 0.25) is 0 Å². The highest BCUT2D eigenvalue weighted by Crippen LogP contribution is 2.39. The van der Waals surface area contributed by atoms with Crippen LogP contribution < -0.4 is 20.1 Å². The number of amides is 1. The Balaban J connectivity index is 1.88. The molecule has 0 radical (unpaired) electrons. The summed E-state index contributed by atoms with van der Waals surface area (Å²) >= 11 is -1.56. The predicted octanol–water partition coefficient (Wildman–Crippen LogP) is 6.21. The summed E-state index contributed by atoms with van der Waals surface area (Å²) in [5.74, 6) is -0.150. The number of carbonyl (C=O) groups excluding carboxylic acids is 1. The lowest BCUT2D eigenvalue weighted by atomic mass is 9.92. The molecule has 3 rings (SSSR count). The van der Waals surface area contributed by atoms with Crippen LogP contribution in [0.5, 0.6) is 5.75 Å². The maximum Gasteiger partial charge on any atom is 0.417 e. The van der Waals surface area contributed by atoms with Gasteiger partial charge in [-0.3, -0.25) is 4.79 Å². The number of anilines is 1. The van der Waals surface area contributed by atoms with Crippen molar-refractivity contribution in [2.24, 2.45) is 0 Å². The van der Waals surface area contributed by atoms with E-state index >= 15 is 0 Å². The van der Waals surface area contributed by atoms with E-state index in [-0.39, 0.29) is 11.1 Å². The van der Waals surface area contributed by atoms with Gasteiger partial charge in [-0.25, -0.2) is 0 Å². The van der Waals surface area contributed by atoms with Gasteiger partial charge in [0, 0.05) is 24.9 Å². The fourth-order valence-electron chi connectivity index (χ4n) is 4.31. The van der Waals surface area contributed by atoms with Gasteiger partial charge in [0.2, 0.25) is 4.90 Å². The van der Waals surface area contributed by atoms with Crippen LogP contribution >= 0.6 is 0 Å². The van der Waals surface area contributed by atoms with Crippen LogP contribution in [0.1, 0.15) is 48.7 Å². The van der Waals surface area contributed by atoms with E-state index in [9.17, 15) is 22.5 Å². The van der Waals surface area contributed by atoms with E-state index in [1.54, 1.807) is 43.5 Å². The zero-order chi connectivity index (χ0) is 30.9. The highest BCUT2D eigenvalue weighted by atomic mass is 32.2. The first-order valence-electron chi connectivity index (χ1n) is 13.5. The molecule has 1 amide bonds. The monoisotopic (exact) mass is 605 g/mol. The van der Waals surface area contributed by atoms with Gasteiger partial charge >= 0.3 is 6.18 Å². The van der Waals surface area contributed by atoms with Crippen molar-refractivity contribution < 1.29 is 32.0 Å². The summed E-state index contributed by atoms with van der Waals surface area (Å²) in [6.45, 7) is 7.53. The second-order valence-corrected chi connectivity index (χ2v) is 11.9. The van der Waals surface area contributed by atoms with Gasteiger partial charge in [-0.2, -0.15) is 13.2 Å². The Kier molecular flexibility index (Phi) is 11.8. The molecule has 0 bridgehead atoms. The van der Waals surface area contributed by atoms with Crippen LogP contribution in [0.25, 0.3) is 11.1 Å². The normalized spacial score (nSPS) is 12.7. The summed E-state index contributed by atoms with van der Waals surface area (Å²) in [7, 11) is 3.05. The number of carbonyl (C=O) groups is 1. The van der Waals surface area contributed by atoms with E-state index < -0.39 is 34.5 Å². The predicted molar refractivity (Wildman–Crippen MR) is 160 cm³/mol. The topological polar surface area (TPSA) is 94.7 Å². The molecule has 3 aromatic carbocycles. The Labute approximate surface area is 248 Å². The van der Waals surface area contributed by atoms with E-state index in [0.29, 0.717) is 60.0 Å². The van der Waals surface area contributed by atoms with Crippen molar-refractivity contribution in [2.75, 3.05) is 39.2 Å². The molecule has 0 aromatic heterocycles. The van der Waals surface area contributed by atoms with Gasteiger partial charge < -0.3 is 24.7 Å². The molecule has 0 aliphatic heterocycles. The molecule has 1 atom stereocenters. The molecule has 1 unspecified atom stereocenters. The third-order valence-electron chi connectivity index (χ3n) is 6.19. The average molecular weight is 606 g/mol. The quantitative estimate of drug-likeness (QED) is 0.158. The zero-order valence-corrected chi connectivity index (χ0v) is 25.3. The summed E-state index contributed by atoms with van der Waals surface area (Å²) in [6.07, 6.45) is -3.36. The van der Waals surface area contributed by atoms with Gasteiger partial charge in [0.15, 0.2) is 5.75 Å². The molecule has 0 spiro atoms. The minimum Gasteiger partial charge on any atom is -0.593 e. The number of ether oxygens (including phenoxy) is 2. The van der Waals surface area contributed by atoms with Gasteiger partial charge in [0.1, 0.15) is 0 Å². The smallest absolute Gasteiger partial charge is 0.417 e. The first-order valence-corrected chi connectivity index (χ1v) is 14.7. The molecular formula is C31H38F3N3O4S. The first kappa shape index (κ1) is 33.4. The Morgan fingerprint density at radius 1 is 0.952 bits per heavy atom. The molecule has 0 saturated heterocycles. The van der Waals surface area contributed by atoms with Crippen molar-refractivity contribution in [2.45, 2.75) is 50.2 Å². The molecule has 11 heteroatoms. The lowest BCUT2D eigenvalue weighted by Gasteiger charge is -2.22. The lowest BCUT2D eigenvalue weighted by Crippen LogP contribution is -2.40. The van der Waals surface area contributed by atoms with E-state index in [2.05, 4.69) is 15.4 Å². The number of rotatable bonds is 13. The number of hydrogen-bond acceptors (Lipinski definition) is 6. The molecule has 0 heterocycles. The van der Waals surface area contributed by atoms with Crippen molar-refractivity contribution in [1.82, 2.24) is 10.0 Å². The molecule has 0 aliphatic carbocycles. The minimum absolute atomic E-state index is 0.0856. The van der Waals surface area contributed by atoms with Gasteiger partial charge in [0.05, 0.1) is 36.2 Å². The fourth-order valence-corrected chi connectivity index (χ4v) is 5.49. The molecule has 0 aliphatic rings. The largest absolute Gasteiger partial charge is 0.593 e. The van der Waals surface area contributed by atoms with Crippen LogP contribution in [0.4, 0.5) is 18.9 Å². The SMILES string of the molecule is COCCNCCCc1cc(NC(=O)c2ccc([S+]([O-])NC(C)(C)C)c(OC)c2)ccc1-c1ccccc1C(F)(F)F. The van der Waals surface area contributed by atoms with Crippen LogP contribution in [-0.2, 0) is 28.7 Å². The van der Waals surface area contributed by atoms with E-state index in [0.717, 1.165) is 6.07 Å². The van der Waals surface area contributed by atoms with E-state index in [1.165, 1.54) is 25.3 Å². The second-order valence-electron chi connectivity index (χ2n) is 10.7. The minimum atomic E-state index is -4.51. The lowest BCUT2D eigenvalue weighted by molar-refractivity contribution is -0.137. The Hall–Kier alpha value is -3.09. The van der Waals surface area contributed by atoms with Crippen molar-refractivity contribution in [1.29, 1.82) is 0 Å². The third-order valence-corrected chi connectivity index (χ3v) is 7.73. The van der Waals surface area contributed by atoms with Gasteiger partial charge in [-0.15, -0.1) is 4.72 Å². The molecule has 228 valence electrons. The maximum atomic E-state index is 13.8. The summed E-state index contributed by atoms with van der Waals surface area (Å²) < 4.78 is 67.7. The number of nitrogens with one attached hydrogen (secondary N) is 3. The standard InChI is InChI=1S/C31H38F3N3O4S/c1-30(2,3)37-42(39)28-15-12-22(20-27(28)41-5)29(38)36-23-13-14-24(21(19-23)9-8-16-35-17-18-40-4)25-10-6-7-11-26(25)31(32,33)34/h6-7,10-15,19-20,35,37H,8-9,16-18H2,1-5H3,(H,36,38). The van der Waals surface area contributed by atoms with Crippen molar-refractivity contribution in [3.63, 3.8) is 0 Å². The molecule has 0 fully saturated rings. The molecule has 42 heavy (non-hydrogen) atoms. The summed E-state index contributed by atoms with van der Waals surface area (Å²) in [5, 5.41) is 6.08. The van der Waals surface area contributed by atoms with Crippen LogP contribution in [0.3, 0.4) is 0 Å². The average Bonchev–Trinajstić information content (AvgIpc) is 2.93. The first-order chi connectivity index (χ1) is 19.8. The van der Waals surface area contributed by atoms with Crippen molar-refractivity contribution >= 4 is 23.0 Å². The number of aryl methyl sites for hydroxylation is 1. The van der Waals surface area contributed by atoms with Gasteiger partial charge in [0.25, 0.3) is 5.91 Å². The molecule has 0 saturated carbocycles. The molecular weight excluding hydrogens is 567 g/mol. The Bertz CT molecular complexity index is 1350. The number of benzene rings is 3. The maximum absolute atomic E-state index is 13.8. The van der Waals surface area contributed by atoms with Crippen LogP contribution in [0.15, 0.2) is 65.6 Å². The van der Waals surface area contributed by atoms with Crippen molar-refractivity contribution in [3.05, 3.63) is 77.4 Å². The molecule has 3 aromatic rings. The van der Waals surface area contributed by atoms with Gasteiger partial charge in [-0.05, 0) is 93.2 Å². The summed E-state index contributed by atoms with van der Waals surface area (Å²) in [4.78, 5) is 13.6. The van der Waals surface area contributed by atoms with E-state index in [4.69, 9.17) is 9.47 Å². The zero-order valence-electron chi connectivity index (χ0n) is 24.5. The summed E-state index contributed by atoms with van der Waals surface area (Å²) in [6, 6.07) is 15.0. The highest BCUT2D eigenvalue weighted by Gasteiger charge is 2.33. The third kappa shape index (κ3) is 9.47. The molecule has 7 nitrogen and oxygen atoms in total. The highest BCUT2D eigenvalue weighted by molar-refractivity contribution is 7.89. The number of hydrogen-bond donors (Lipinski definition) is 3. The molecule has 3 N–H and O–H groups in total. The second kappa shape index (κ2) is 14.9. The number of methoxy groups -OCH3 is 2. The van der Waals surface area contributed by atoms with Crippen LogP contribution in [0, 0.1) is 0 Å². The van der Waals surface area contributed by atoms with Gasteiger partial charge in [-0.1, -0.05) is 24.3 Å². The fraction of sp³-hybridized carbons (Fsp3) is 0.387. The Morgan fingerprint density at radius 2 is 1.69 bits per heavy atom. The van der Waals surface area contributed by atoms with E-state index in [1.807, 2.05) is 20.8 Å².